The summed E-state index contributed by atoms with van der Waals surface area (Å²) in [6.07, 6.45) is -3.77. The number of phenolic OH excluding ortho intramolecular Hbond substituents is 2. The van der Waals surface area contributed by atoms with Crippen molar-refractivity contribution in [3.8, 4) is 23.0 Å². The molecule has 11 heteroatoms. The summed E-state index contributed by atoms with van der Waals surface area (Å²) in [6.45, 7) is 0. The van der Waals surface area contributed by atoms with E-state index in [4.69, 9.17) is 18.9 Å². The van der Waals surface area contributed by atoms with Crippen molar-refractivity contribution in [3.63, 3.8) is 0 Å². The molecule has 2 aromatic rings. The van der Waals surface area contributed by atoms with Gasteiger partial charge in [-0.25, -0.2) is 14.4 Å². The summed E-state index contributed by atoms with van der Waals surface area (Å²) >= 11 is 0. The molecule has 0 aliphatic heterocycles. The summed E-state index contributed by atoms with van der Waals surface area (Å²) in [5, 5.41) is 39.6. The number of aliphatic carboxylic acids is 1. The van der Waals surface area contributed by atoms with Crippen LogP contribution >= 0.6 is 0 Å². The highest BCUT2D eigenvalue weighted by atomic mass is 16.6. The van der Waals surface area contributed by atoms with Gasteiger partial charge in [0.15, 0.2) is 29.1 Å². The van der Waals surface area contributed by atoms with Crippen molar-refractivity contribution < 1.29 is 53.8 Å². The van der Waals surface area contributed by atoms with Crippen LogP contribution in [-0.2, 0) is 14.3 Å². The number of hydrogen-bond acceptors (Lipinski definition) is 10. The van der Waals surface area contributed by atoms with Crippen LogP contribution < -0.4 is 9.47 Å². The fraction of sp³-hybridized carbons (Fsp3) is 0.261. The zero-order chi connectivity index (χ0) is 25.0. The molecule has 0 bridgehead atoms. The molecule has 0 amide bonds. The molecule has 0 unspecified atom stereocenters. The number of methoxy groups -OCH3 is 2. The van der Waals surface area contributed by atoms with Gasteiger partial charge in [-0.3, -0.25) is 0 Å². The van der Waals surface area contributed by atoms with Crippen molar-refractivity contribution in [2.75, 3.05) is 14.2 Å². The van der Waals surface area contributed by atoms with E-state index >= 15 is 0 Å². The number of carboxylic acid groups (broad SMARTS) is 1. The van der Waals surface area contributed by atoms with Gasteiger partial charge in [-0.1, -0.05) is 0 Å². The molecule has 180 valence electrons. The summed E-state index contributed by atoms with van der Waals surface area (Å²) < 4.78 is 20.5. The first-order valence-electron chi connectivity index (χ1n) is 9.92. The van der Waals surface area contributed by atoms with E-state index in [1.54, 1.807) is 0 Å². The second kappa shape index (κ2) is 10.1. The highest BCUT2D eigenvalue weighted by Gasteiger charge is 2.40. The third-order valence-corrected chi connectivity index (χ3v) is 5.10. The minimum Gasteiger partial charge on any atom is -0.504 e. The molecular weight excluding hydrogens is 452 g/mol. The lowest BCUT2D eigenvalue weighted by atomic mass is 9.91. The fourth-order valence-corrected chi connectivity index (χ4v) is 3.37. The zero-order valence-corrected chi connectivity index (χ0v) is 18.1. The Morgan fingerprint density at radius 1 is 0.853 bits per heavy atom. The molecular formula is C23H22O11. The normalized spacial score (nSPS) is 19.5. The van der Waals surface area contributed by atoms with Crippen molar-refractivity contribution in [2.45, 2.75) is 24.7 Å². The number of aliphatic hydroxyl groups is 1. The van der Waals surface area contributed by atoms with Crippen LogP contribution in [0.2, 0.25) is 0 Å². The monoisotopic (exact) mass is 474 g/mol. The van der Waals surface area contributed by atoms with E-state index in [1.165, 1.54) is 38.5 Å². The van der Waals surface area contributed by atoms with E-state index in [-0.39, 0.29) is 46.1 Å². The molecule has 1 aliphatic rings. The van der Waals surface area contributed by atoms with Crippen molar-refractivity contribution in [1.82, 2.24) is 0 Å². The third kappa shape index (κ3) is 5.21. The van der Waals surface area contributed by atoms with Crippen LogP contribution in [0.15, 0.2) is 48.0 Å². The first kappa shape index (κ1) is 24.4. The van der Waals surface area contributed by atoms with E-state index in [9.17, 15) is 34.8 Å². The summed E-state index contributed by atoms with van der Waals surface area (Å²) in [5.41, 5.74) is -0.398. The lowest BCUT2D eigenvalue weighted by Gasteiger charge is -2.33. The van der Waals surface area contributed by atoms with Gasteiger partial charge in [-0.2, -0.15) is 0 Å². The third-order valence-electron chi connectivity index (χ3n) is 5.10. The van der Waals surface area contributed by atoms with Crippen LogP contribution in [-0.4, -0.2) is 70.9 Å². The minimum atomic E-state index is -1.60. The molecule has 3 atom stereocenters. The Labute approximate surface area is 193 Å². The van der Waals surface area contributed by atoms with E-state index in [1.807, 2.05) is 0 Å². The molecule has 0 fully saturated rings. The lowest BCUT2D eigenvalue weighted by molar-refractivity contribution is -0.134. The van der Waals surface area contributed by atoms with E-state index < -0.39 is 36.2 Å². The first-order chi connectivity index (χ1) is 16.1. The summed E-state index contributed by atoms with van der Waals surface area (Å²) in [7, 11) is 2.66. The van der Waals surface area contributed by atoms with Gasteiger partial charge in [0, 0.05) is 12.0 Å². The average Bonchev–Trinajstić information content (AvgIpc) is 2.80. The van der Waals surface area contributed by atoms with Crippen LogP contribution in [0.5, 0.6) is 23.0 Å². The summed E-state index contributed by atoms with van der Waals surface area (Å²) in [6, 6.07) is 7.48. The van der Waals surface area contributed by atoms with Crippen molar-refractivity contribution in [2.24, 2.45) is 0 Å². The van der Waals surface area contributed by atoms with Crippen LogP contribution in [0, 0.1) is 0 Å². The van der Waals surface area contributed by atoms with Gasteiger partial charge in [-0.15, -0.1) is 0 Å². The standard InChI is InChI=1S/C23H22O11/c1-31-17-5-3-11(7-14(17)24)22(29)33-19-10-13(21(27)28)9-16(26)20(19)34-23(30)12-4-6-18(32-2)15(25)8-12/h3-9,16,19-20,24-26H,10H2,1-2H3,(H,27,28)/t16-,19-,20-/m1/s1. The first-order valence-corrected chi connectivity index (χ1v) is 9.92. The Morgan fingerprint density at radius 2 is 1.35 bits per heavy atom. The van der Waals surface area contributed by atoms with E-state index in [2.05, 4.69) is 0 Å². The van der Waals surface area contributed by atoms with Crippen molar-refractivity contribution >= 4 is 17.9 Å². The van der Waals surface area contributed by atoms with Gasteiger partial charge >= 0.3 is 17.9 Å². The van der Waals surface area contributed by atoms with Gasteiger partial charge in [0.25, 0.3) is 0 Å². The highest BCUT2D eigenvalue weighted by molar-refractivity contribution is 5.92. The Hall–Kier alpha value is -4.25. The lowest BCUT2D eigenvalue weighted by Crippen LogP contribution is -2.46. The Kier molecular flexibility index (Phi) is 7.27. The number of carboxylic acids is 1. The smallest absolute Gasteiger partial charge is 0.338 e. The number of carbonyl (C=O) groups is 3. The number of aromatic hydroxyl groups is 2. The van der Waals surface area contributed by atoms with Gasteiger partial charge in [0.2, 0.25) is 0 Å². The number of phenols is 2. The second-order valence-corrected chi connectivity index (χ2v) is 7.28. The maximum absolute atomic E-state index is 12.7. The topological polar surface area (TPSA) is 169 Å². The molecule has 11 nitrogen and oxygen atoms in total. The molecule has 0 radical (unpaired) electrons. The molecule has 2 aromatic carbocycles. The van der Waals surface area contributed by atoms with E-state index in [0.29, 0.717) is 0 Å². The van der Waals surface area contributed by atoms with Gasteiger partial charge in [0.05, 0.1) is 25.3 Å². The molecule has 4 N–H and O–H groups in total. The number of benzene rings is 2. The number of esters is 2. The number of hydrogen-bond donors (Lipinski definition) is 4. The Balaban J connectivity index is 1.85. The molecule has 0 saturated heterocycles. The summed E-state index contributed by atoms with van der Waals surface area (Å²) in [5.74, 6) is -3.66. The molecule has 1 aliphatic carbocycles. The quantitative estimate of drug-likeness (QED) is 0.430. The van der Waals surface area contributed by atoms with Gasteiger partial charge in [-0.05, 0) is 42.5 Å². The van der Waals surface area contributed by atoms with Gasteiger partial charge < -0.3 is 39.4 Å². The Bertz CT molecular complexity index is 1140. The molecule has 0 spiro atoms. The minimum absolute atomic E-state index is 0.0793. The largest absolute Gasteiger partial charge is 0.504 e. The summed E-state index contributed by atoms with van der Waals surface area (Å²) in [4.78, 5) is 36.7. The van der Waals surface area contributed by atoms with Gasteiger partial charge in [0.1, 0.15) is 12.2 Å². The number of rotatable bonds is 7. The highest BCUT2D eigenvalue weighted by Crippen LogP contribution is 2.31. The molecule has 0 aromatic heterocycles. The van der Waals surface area contributed by atoms with Crippen LogP contribution in [0.1, 0.15) is 27.1 Å². The predicted molar refractivity (Wildman–Crippen MR) is 114 cm³/mol. The maximum atomic E-state index is 12.7. The Morgan fingerprint density at radius 3 is 1.79 bits per heavy atom. The van der Waals surface area contributed by atoms with Crippen molar-refractivity contribution in [3.05, 3.63) is 59.2 Å². The van der Waals surface area contributed by atoms with Crippen LogP contribution in [0.3, 0.4) is 0 Å². The molecule has 34 heavy (non-hydrogen) atoms. The van der Waals surface area contributed by atoms with E-state index in [0.717, 1.165) is 18.2 Å². The SMILES string of the molecule is COc1ccc(C(=O)O[C@@H]2[C@H](O)C=C(C(=O)O)C[C@H]2OC(=O)c2ccc(OC)c(O)c2)cc1O. The maximum Gasteiger partial charge on any atom is 0.338 e. The van der Waals surface area contributed by atoms with Crippen LogP contribution in [0.4, 0.5) is 0 Å². The second-order valence-electron chi connectivity index (χ2n) is 7.28. The van der Waals surface area contributed by atoms with Crippen molar-refractivity contribution in [1.29, 1.82) is 0 Å². The number of aliphatic hydroxyl groups excluding tert-OH is 1. The number of carbonyl (C=O) groups excluding carboxylic acids is 2. The predicted octanol–water partition coefficient (Wildman–Crippen LogP) is 1.64. The molecule has 3 rings (SSSR count). The number of ether oxygens (including phenoxy) is 4. The molecule has 0 heterocycles. The average molecular weight is 474 g/mol. The zero-order valence-electron chi connectivity index (χ0n) is 18.1. The van der Waals surface area contributed by atoms with Crippen LogP contribution in [0.25, 0.3) is 0 Å². The molecule has 0 saturated carbocycles. The fourth-order valence-electron chi connectivity index (χ4n) is 3.37.